The highest BCUT2D eigenvalue weighted by Crippen LogP contribution is 2.29. The number of rotatable bonds is 4. The molecule has 9 heteroatoms. The quantitative estimate of drug-likeness (QED) is 0.816. The molecular formula is C17H16F3NO4S. The number of sulfonamides is 1. The molecule has 2 rings (SSSR count). The number of hydrogen-bond donors (Lipinski definition) is 1. The van der Waals surface area contributed by atoms with Gasteiger partial charge in [-0.3, -0.25) is 0 Å². The van der Waals surface area contributed by atoms with E-state index in [0.29, 0.717) is 16.7 Å². The fraction of sp³-hybridized carbons (Fsp3) is 0.235. The van der Waals surface area contributed by atoms with E-state index < -0.39 is 27.7 Å². The Bertz CT molecular complexity index is 936. The van der Waals surface area contributed by atoms with Crippen molar-refractivity contribution in [1.29, 1.82) is 0 Å². The van der Waals surface area contributed by atoms with Crippen molar-refractivity contribution in [3.05, 3.63) is 64.2 Å². The summed E-state index contributed by atoms with van der Waals surface area (Å²) < 4.78 is 65.8. The molecule has 0 bridgehead atoms. The van der Waals surface area contributed by atoms with Crippen LogP contribution in [0.3, 0.4) is 0 Å². The van der Waals surface area contributed by atoms with Crippen LogP contribution in [0.4, 0.5) is 13.2 Å². The number of alkyl halides is 3. The van der Waals surface area contributed by atoms with Gasteiger partial charge in [-0.15, -0.1) is 0 Å². The van der Waals surface area contributed by atoms with Crippen LogP contribution in [0.25, 0.3) is 0 Å². The second-order valence-corrected chi connectivity index (χ2v) is 7.26. The highest BCUT2D eigenvalue weighted by Gasteiger charge is 2.30. The molecule has 5 nitrogen and oxygen atoms in total. The van der Waals surface area contributed by atoms with E-state index in [1.807, 2.05) is 0 Å². The molecule has 0 aliphatic heterocycles. The molecule has 0 heterocycles. The van der Waals surface area contributed by atoms with Gasteiger partial charge in [0.05, 0.1) is 16.0 Å². The Hall–Kier alpha value is -2.39. The number of hydrogen-bond acceptors (Lipinski definition) is 4. The maximum Gasteiger partial charge on any atom is 0.416 e. The van der Waals surface area contributed by atoms with Crippen molar-refractivity contribution < 1.29 is 31.1 Å². The molecule has 0 spiro atoms. The van der Waals surface area contributed by atoms with Gasteiger partial charge in [-0.05, 0) is 54.8 Å². The number of halogens is 3. The third-order valence-corrected chi connectivity index (χ3v) is 4.85. The monoisotopic (exact) mass is 387 g/mol. The number of primary sulfonamides is 1. The second-order valence-electron chi connectivity index (χ2n) is 5.73. The number of carbonyl (C=O) groups is 1. The molecule has 0 unspecified atom stereocenters. The molecule has 2 aromatic carbocycles. The van der Waals surface area contributed by atoms with Gasteiger partial charge in [-0.25, -0.2) is 18.4 Å². The predicted molar refractivity (Wildman–Crippen MR) is 87.9 cm³/mol. The minimum Gasteiger partial charge on any atom is -0.457 e. The molecule has 26 heavy (non-hydrogen) atoms. The third-order valence-electron chi connectivity index (χ3n) is 3.81. The lowest BCUT2D eigenvalue weighted by Gasteiger charge is -2.11. The summed E-state index contributed by atoms with van der Waals surface area (Å²) in [6, 6.07) is 6.75. The van der Waals surface area contributed by atoms with Crippen LogP contribution in [0.2, 0.25) is 0 Å². The molecule has 140 valence electrons. The Morgan fingerprint density at radius 1 is 1.12 bits per heavy atom. The second kappa shape index (κ2) is 7.08. The summed E-state index contributed by atoms with van der Waals surface area (Å²) in [5.74, 6) is -0.808. The Balaban J connectivity index is 2.17. The van der Waals surface area contributed by atoms with Crippen LogP contribution in [-0.4, -0.2) is 14.4 Å². The predicted octanol–water partition coefficient (Wildman–Crippen LogP) is 3.33. The molecule has 0 saturated carbocycles. The maximum absolute atomic E-state index is 12.5. The SMILES string of the molecule is Cc1cc(C(=O)OCc2ccc(C(F)(F)F)cc2)cc(S(N)(=O)=O)c1C. The van der Waals surface area contributed by atoms with Crippen LogP contribution in [0, 0.1) is 13.8 Å². The standard InChI is InChI=1S/C17H16F3NO4S/c1-10-7-13(8-15(11(10)2)26(21,23)24)16(22)25-9-12-3-5-14(6-4-12)17(18,19)20/h3-8H,9H2,1-2H3,(H2,21,23,24). The fourth-order valence-electron chi connectivity index (χ4n) is 2.26. The first kappa shape index (κ1) is 19.9. The molecule has 0 aliphatic rings. The largest absolute Gasteiger partial charge is 0.457 e. The fourth-order valence-corrected chi connectivity index (χ4v) is 3.14. The number of nitrogens with two attached hydrogens (primary N) is 1. The first-order chi connectivity index (χ1) is 11.9. The van der Waals surface area contributed by atoms with Crippen LogP contribution in [-0.2, 0) is 27.5 Å². The Morgan fingerprint density at radius 2 is 1.69 bits per heavy atom. The average Bonchev–Trinajstić information content (AvgIpc) is 2.53. The Labute approximate surface area is 148 Å². The smallest absolute Gasteiger partial charge is 0.416 e. The third kappa shape index (κ3) is 4.61. The zero-order valence-electron chi connectivity index (χ0n) is 13.9. The summed E-state index contributed by atoms with van der Waals surface area (Å²) in [4.78, 5) is 12.0. The first-order valence-corrected chi connectivity index (χ1v) is 8.91. The lowest BCUT2D eigenvalue weighted by atomic mass is 10.1. The lowest BCUT2D eigenvalue weighted by molar-refractivity contribution is -0.137. The molecular weight excluding hydrogens is 371 g/mol. The van der Waals surface area contributed by atoms with Crippen molar-refractivity contribution in [2.24, 2.45) is 5.14 Å². The van der Waals surface area contributed by atoms with Crippen molar-refractivity contribution in [2.45, 2.75) is 31.5 Å². The summed E-state index contributed by atoms with van der Waals surface area (Å²) in [6.45, 7) is 2.93. The van der Waals surface area contributed by atoms with E-state index in [4.69, 9.17) is 9.88 Å². The molecule has 0 aromatic heterocycles. The summed E-state index contributed by atoms with van der Waals surface area (Å²) >= 11 is 0. The van der Waals surface area contributed by atoms with Gasteiger partial charge in [-0.1, -0.05) is 12.1 Å². The van der Waals surface area contributed by atoms with Gasteiger partial charge in [-0.2, -0.15) is 13.2 Å². The Morgan fingerprint density at radius 3 is 2.19 bits per heavy atom. The van der Waals surface area contributed by atoms with Crippen LogP contribution in [0.5, 0.6) is 0 Å². The van der Waals surface area contributed by atoms with Gasteiger partial charge in [0.2, 0.25) is 10.0 Å². The van der Waals surface area contributed by atoms with E-state index in [2.05, 4.69) is 0 Å². The number of benzene rings is 2. The molecule has 0 radical (unpaired) electrons. The van der Waals surface area contributed by atoms with Crippen molar-refractivity contribution in [2.75, 3.05) is 0 Å². The highest BCUT2D eigenvalue weighted by molar-refractivity contribution is 7.89. The molecule has 0 saturated heterocycles. The molecule has 0 amide bonds. The topological polar surface area (TPSA) is 86.5 Å². The summed E-state index contributed by atoms with van der Waals surface area (Å²) in [5.41, 5.74) is 0.509. The van der Waals surface area contributed by atoms with Crippen LogP contribution in [0.1, 0.15) is 32.6 Å². The number of esters is 1. The van der Waals surface area contributed by atoms with E-state index in [1.165, 1.54) is 18.2 Å². The minimum atomic E-state index is -4.45. The molecule has 2 aromatic rings. The van der Waals surface area contributed by atoms with E-state index in [0.717, 1.165) is 18.2 Å². The van der Waals surface area contributed by atoms with Gasteiger partial charge in [0.15, 0.2) is 0 Å². The zero-order valence-corrected chi connectivity index (χ0v) is 14.7. The lowest BCUT2D eigenvalue weighted by Crippen LogP contribution is -2.16. The summed E-state index contributed by atoms with van der Waals surface area (Å²) in [7, 11) is -4.01. The molecule has 2 N–H and O–H groups in total. The maximum atomic E-state index is 12.5. The molecule has 0 atom stereocenters. The van der Waals surface area contributed by atoms with Gasteiger partial charge in [0, 0.05) is 0 Å². The number of aryl methyl sites for hydroxylation is 1. The van der Waals surface area contributed by atoms with Crippen molar-refractivity contribution in [3.8, 4) is 0 Å². The van der Waals surface area contributed by atoms with Crippen LogP contribution >= 0.6 is 0 Å². The van der Waals surface area contributed by atoms with E-state index >= 15 is 0 Å². The van der Waals surface area contributed by atoms with Gasteiger partial charge in [0.25, 0.3) is 0 Å². The van der Waals surface area contributed by atoms with Gasteiger partial charge >= 0.3 is 12.1 Å². The van der Waals surface area contributed by atoms with Crippen molar-refractivity contribution >= 4 is 16.0 Å². The summed E-state index contributed by atoms with van der Waals surface area (Å²) in [5, 5.41) is 5.14. The van der Waals surface area contributed by atoms with E-state index in [1.54, 1.807) is 13.8 Å². The molecule has 0 fully saturated rings. The van der Waals surface area contributed by atoms with Crippen LogP contribution in [0.15, 0.2) is 41.3 Å². The number of ether oxygens (including phenoxy) is 1. The van der Waals surface area contributed by atoms with E-state index in [-0.39, 0.29) is 17.1 Å². The van der Waals surface area contributed by atoms with Crippen molar-refractivity contribution in [3.63, 3.8) is 0 Å². The minimum absolute atomic E-state index is 0.0102. The average molecular weight is 387 g/mol. The van der Waals surface area contributed by atoms with Crippen LogP contribution < -0.4 is 5.14 Å². The molecule has 0 aliphatic carbocycles. The zero-order chi connectivity index (χ0) is 19.7. The summed E-state index contributed by atoms with van der Waals surface area (Å²) in [6.07, 6.45) is -4.45. The Kier molecular flexibility index (Phi) is 5.43. The van der Waals surface area contributed by atoms with E-state index in [9.17, 15) is 26.4 Å². The number of carbonyl (C=O) groups excluding carboxylic acids is 1. The van der Waals surface area contributed by atoms with Gasteiger partial charge in [0.1, 0.15) is 6.61 Å². The highest BCUT2D eigenvalue weighted by atomic mass is 32.2. The van der Waals surface area contributed by atoms with Crippen molar-refractivity contribution in [1.82, 2.24) is 0 Å². The normalized spacial score (nSPS) is 12.1. The first-order valence-electron chi connectivity index (χ1n) is 7.37. The van der Waals surface area contributed by atoms with Gasteiger partial charge < -0.3 is 4.74 Å².